The van der Waals surface area contributed by atoms with Crippen LogP contribution >= 0.6 is 23.4 Å². The number of rotatable bonds is 9. The largest absolute Gasteiger partial charge is 0.324 e. The molecule has 1 aromatic rings. The zero-order chi connectivity index (χ0) is 13.9. The summed E-state index contributed by atoms with van der Waals surface area (Å²) in [6, 6.07) is 7.24. The van der Waals surface area contributed by atoms with Crippen molar-refractivity contribution in [1.82, 2.24) is 5.32 Å². The van der Waals surface area contributed by atoms with Crippen LogP contribution in [0.5, 0.6) is 0 Å². The average Bonchev–Trinajstić information content (AvgIpc) is 2.40. The summed E-state index contributed by atoms with van der Waals surface area (Å²) in [5.74, 6) is 1.16. The first-order valence-electron chi connectivity index (χ1n) is 6.48. The normalized spacial score (nSPS) is 10.4. The molecule has 0 unspecified atom stereocenters. The highest BCUT2D eigenvalue weighted by molar-refractivity contribution is 7.98. The van der Waals surface area contributed by atoms with Crippen LogP contribution in [0.15, 0.2) is 24.3 Å². The van der Waals surface area contributed by atoms with Crippen LogP contribution in [0.3, 0.4) is 0 Å². The number of amides is 1. The summed E-state index contributed by atoms with van der Waals surface area (Å²) in [5.41, 5.74) is 0.663. The van der Waals surface area contributed by atoms with Gasteiger partial charge in [-0.3, -0.25) is 4.79 Å². The number of hydrogen-bond acceptors (Lipinski definition) is 3. The van der Waals surface area contributed by atoms with Crippen molar-refractivity contribution in [3.8, 4) is 0 Å². The molecule has 2 N–H and O–H groups in total. The number of anilines is 1. The molecule has 5 heteroatoms. The molecule has 0 spiro atoms. The molecule has 0 heterocycles. The van der Waals surface area contributed by atoms with Gasteiger partial charge in [0.05, 0.1) is 17.3 Å². The van der Waals surface area contributed by atoms with E-state index < -0.39 is 0 Å². The third-order valence-electron chi connectivity index (χ3n) is 2.64. The molecule has 0 fully saturated rings. The van der Waals surface area contributed by atoms with Gasteiger partial charge in [-0.1, -0.05) is 30.2 Å². The highest BCUT2D eigenvalue weighted by atomic mass is 35.5. The average molecular weight is 301 g/mol. The maximum absolute atomic E-state index is 11.7. The van der Waals surface area contributed by atoms with Gasteiger partial charge in [0.1, 0.15) is 0 Å². The second kappa shape index (κ2) is 10.1. The molecule has 1 amide bonds. The zero-order valence-electron chi connectivity index (χ0n) is 11.2. The van der Waals surface area contributed by atoms with Crippen molar-refractivity contribution >= 4 is 35.0 Å². The Kier molecular flexibility index (Phi) is 8.71. The molecule has 19 heavy (non-hydrogen) atoms. The Morgan fingerprint density at radius 2 is 2.05 bits per heavy atom. The van der Waals surface area contributed by atoms with E-state index in [1.807, 2.05) is 23.9 Å². The first kappa shape index (κ1) is 16.3. The molecule has 0 aromatic heterocycles. The van der Waals surface area contributed by atoms with Crippen LogP contribution in [0, 0.1) is 0 Å². The first-order valence-corrected chi connectivity index (χ1v) is 8.25. The van der Waals surface area contributed by atoms with Gasteiger partial charge in [0.25, 0.3) is 0 Å². The smallest absolute Gasteiger partial charge is 0.238 e. The molecule has 0 aliphatic rings. The monoisotopic (exact) mass is 300 g/mol. The topological polar surface area (TPSA) is 41.1 Å². The van der Waals surface area contributed by atoms with Crippen LogP contribution in [0.4, 0.5) is 5.69 Å². The van der Waals surface area contributed by atoms with Crippen LogP contribution < -0.4 is 10.6 Å². The van der Waals surface area contributed by atoms with E-state index in [0.29, 0.717) is 17.3 Å². The SMILES string of the molecule is CSCCCCCNCC(=O)Nc1ccccc1Cl. The van der Waals surface area contributed by atoms with E-state index >= 15 is 0 Å². The van der Waals surface area contributed by atoms with Crippen LogP contribution in [0.25, 0.3) is 0 Å². The first-order chi connectivity index (χ1) is 9.24. The fraction of sp³-hybridized carbons (Fsp3) is 0.500. The van der Waals surface area contributed by atoms with E-state index in [-0.39, 0.29) is 5.91 Å². The maximum Gasteiger partial charge on any atom is 0.238 e. The van der Waals surface area contributed by atoms with Crippen LogP contribution in [0.1, 0.15) is 19.3 Å². The van der Waals surface area contributed by atoms with Gasteiger partial charge < -0.3 is 10.6 Å². The third kappa shape index (κ3) is 7.45. The van der Waals surface area contributed by atoms with Gasteiger partial charge in [-0.25, -0.2) is 0 Å². The molecule has 0 saturated heterocycles. The molecular weight excluding hydrogens is 280 g/mol. The van der Waals surface area contributed by atoms with Gasteiger partial charge in [0.2, 0.25) is 5.91 Å². The number of carbonyl (C=O) groups excluding carboxylic acids is 1. The number of carbonyl (C=O) groups is 1. The van der Waals surface area contributed by atoms with Crippen LogP contribution in [-0.2, 0) is 4.79 Å². The van der Waals surface area contributed by atoms with Crippen molar-refractivity contribution in [3.63, 3.8) is 0 Å². The van der Waals surface area contributed by atoms with Crippen LogP contribution in [0.2, 0.25) is 5.02 Å². The van der Waals surface area contributed by atoms with Gasteiger partial charge in [0, 0.05) is 0 Å². The number of hydrogen-bond donors (Lipinski definition) is 2. The Morgan fingerprint density at radius 1 is 1.26 bits per heavy atom. The highest BCUT2D eigenvalue weighted by Crippen LogP contribution is 2.19. The Morgan fingerprint density at radius 3 is 2.79 bits per heavy atom. The molecule has 1 rings (SSSR count). The van der Waals surface area contributed by atoms with E-state index in [1.165, 1.54) is 18.6 Å². The van der Waals surface area contributed by atoms with E-state index in [1.54, 1.807) is 12.1 Å². The lowest BCUT2D eigenvalue weighted by Crippen LogP contribution is -2.28. The summed E-state index contributed by atoms with van der Waals surface area (Å²) in [6.07, 6.45) is 5.69. The fourth-order valence-electron chi connectivity index (χ4n) is 1.63. The van der Waals surface area contributed by atoms with Gasteiger partial charge >= 0.3 is 0 Å². The molecule has 1 aromatic carbocycles. The fourth-order valence-corrected chi connectivity index (χ4v) is 2.31. The minimum absolute atomic E-state index is 0.0581. The van der Waals surface area contributed by atoms with Crippen molar-refractivity contribution in [3.05, 3.63) is 29.3 Å². The summed E-state index contributed by atoms with van der Waals surface area (Å²) in [7, 11) is 0. The Balaban J connectivity index is 2.10. The van der Waals surface area contributed by atoms with E-state index in [0.717, 1.165) is 13.0 Å². The van der Waals surface area contributed by atoms with Crippen molar-refractivity contribution in [2.24, 2.45) is 0 Å². The molecule has 0 atom stereocenters. The van der Waals surface area contributed by atoms with Gasteiger partial charge in [-0.2, -0.15) is 11.8 Å². The summed E-state index contributed by atoms with van der Waals surface area (Å²) in [6.45, 7) is 1.21. The molecule has 106 valence electrons. The Hall–Kier alpha value is -0.710. The lowest BCUT2D eigenvalue weighted by molar-refractivity contribution is -0.115. The quantitative estimate of drug-likeness (QED) is 0.687. The molecule has 0 aliphatic heterocycles. The summed E-state index contributed by atoms with van der Waals surface area (Å²) >= 11 is 7.84. The predicted molar refractivity (Wildman–Crippen MR) is 85.2 cm³/mol. The summed E-state index contributed by atoms with van der Waals surface area (Å²) in [4.78, 5) is 11.7. The molecular formula is C14H21ClN2OS. The molecule has 0 radical (unpaired) electrons. The number of halogens is 1. The number of unbranched alkanes of at least 4 members (excludes halogenated alkanes) is 2. The van der Waals surface area contributed by atoms with Gasteiger partial charge in [-0.15, -0.1) is 0 Å². The second-order valence-electron chi connectivity index (χ2n) is 4.26. The van der Waals surface area contributed by atoms with Crippen LogP contribution in [-0.4, -0.2) is 31.0 Å². The summed E-state index contributed by atoms with van der Waals surface area (Å²) in [5, 5.41) is 6.49. The highest BCUT2D eigenvalue weighted by Gasteiger charge is 2.04. The minimum atomic E-state index is -0.0581. The Labute approximate surface area is 124 Å². The van der Waals surface area contributed by atoms with Crippen molar-refractivity contribution in [2.45, 2.75) is 19.3 Å². The second-order valence-corrected chi connectivity index (χ2v) is 5.65. The van der Waals surface area contributed by atoms with Crippen molar-refractivity contribution in [1.29, 1.82) is 0 Å². The third-order valence-corrected chi connectivity index (χ3v) is 3.66. The number of benzene rings is 1. The molecule has 3 nitrogen and oxygen atoms in total. The summed E-state index contributed by atoms with van der Waals surface area (Å²) < 4.78 is 0. The van der Waals surface area contributed by atoms with E-state index in [9.17, 15) is 4.79 Å². The number of para-hydroxylation sites is 1. The standard InChI is InChI=1S/C14H21ClN2OS/c1-19-10-6-2-5-9-16-11-14(18)17-13-8-4-3-7-12(13)15/h3-4,7-8,16H,2,5-6,9-11H2,1H3,(H,17,18). The number of nitrogens with one attached hydrogen (secondary N) is 2. The molecule has 0 saturated carbocycles. The van der Waals surface area contributed by atoms with Crippen molar-refractivity contribution in [2.75, 3.05) is 30.4 Å². The maximum atomic E-state index is 11.7. The lowest BCUT2D eigenvalue weighted by Gasteiger charge is -2.08. The number of thioether (sulfide) groups is 1. The minimum Gasteiger partial charge on any atom is -0.324 e. The zero-order valence-corrected chi connectivity index (χ0v) is 12.8. The van der Waals surface area contributed by atoms with E-state index in [2.05, 4.69) is 16.9 Å². The van der Waals surface area contributed by atoms with Gasteiger partial charge in [0.15, 0.2) is 0 Å². The molecule has 0 bridgehead atoms. The molecule has 0 aliphatic carbocycles. The van der Waals surface area contributed by atoms with Crippen molar-refractivity contribution < 1.29 is 4.79 Å². The van der Waals surface area contributed by atoms with E-state index in [4.69, 9.17) is 11.6 Å². The lowest BCUT2D eigenvalue weighted by atomic mass is 10.2. The predicted octanol–water partition coefficient (Wildman–Crippen LogP) is 3.40. The Bertz CT molecular complexity index is 387. The van der Waals surface area contributed by atoms with Gasteiger partial charge in [-0.05, 0) is 43.5 Å².